The van der Waals surface area contributed by atoms with Crippen LogP contribution in [0.15, 0.2) is 109 Å². The molecule has 0 aliphatic heterocycles. The molecule has 6 rings (SSSR count). The molecule has 2 heterocycles. The van der Waals surface area contributed by atoms with Crippen molar-refractivity contribution in [1.29, 1.82) is 0 Å². The Morgan fingerprint density at radius 2 is 1.10 bits per heavy atom. The fourth-order valence-electron chi connectivity index (χ4n) is 4.00. The van der Waals surface area contributed by atoms with E-state index in [-0.39, 0.29) is 0 Å². The summed E-state index contributed by atoms with van der Waals surface area (Å²) in [4.78, 5) is 10.0. The number of hydrogen-bond donors (Lipinski definition) is 0. The first kappa shape index (κ1) is 18.0. The van der Waals surface area contributed by atoms with Gasteiger partial charge in [0, 0.05) is 36.9 Å². The lowest BCUT2D eigenvalue weighted by molar-refractivity contribution is 1.19. The van der Waals surface area contributed by atoms with Gasteiger partial charge >= 0.3 is 0 Å². The van der Waals surface area contributed by atoms with Gasteiger partial charge in [0.1, 0.15) is 0 Å². The number of fused-ring (bicyclic) bond motifs is 3. The highest BCUT2D eigenvalue weighted by atomic mass is 32.1. The van der Waals surface area contributed by atoms with Crippen LogP contribution in [-0.4, -0.2) is 9.97 Å². The summed E-state index contributed by atoms with van der Waals surface area (Å²) in [6.45, 7) is 0. The molecular formula is C28H18N2S. The summed E-state index contributed by atoms with van der Waals surface area (Å²) < 4.78 is 2.51. The Labute approximate surface area is 184 Å². The first-order valence-corrected chi connectivity index (χ1v) is 11.1. The summed E-state index contributed by atoms with van der Waals surface area (Å²) in [7, 11) is 0. The van der Waals surface area contributed by atoms with Crippen LogP contribution in [0.2, 0.25) is 0 Å². The Balaban J connectivity index is 1.63. The van der Waals surface area contributed by atoms with Crippen molar-refractivity contribution in [1.82, 2.24) is 9.97 Å². The van der Waals surface area contributed by atoms with Gasteiger partial charge in [-0.25, -0.2) is 9.97 Å². The average Bonchev–Trinajstić information content (AvgIpc) is 3.24. The lowest BCUT2D eigenvalue weighted by atomic mass is 10.1. The third kappa shape index (κ3) is 3.20. The van der Waals surface area contributed by atoms with Crippen molar-refractivity contribution in [3.63, 3.8) is 0 Å². The first-order chi connectivity index (χ1) is 15.4. The van der Waals surface area contributed by atoms with Crippen LogP contribution in [0.1, 0.15) is 0 Å². The number of hydrogen-bond acceptors (Lipinski definition) is 3. The fourth-order valence-corrected chi connectivity index (χ4v) is 5.22. The molecule has 0 radical (unpaired) electrons. The number of rotatable bonds is 3. The van der Waals surface area contributed by atoms with E-state index < -0.39 is 0 Å². The van der Waals surface area contributed by atoms with E-state index in [1.54, 1.807) is 11.3 Å². The summed E-state index contributed by atoms with van der Waals surface area (Å²) >= 11 is 1.81. The van der Waals surface area contributed by atoms with Gasteiger partial charge in [0.25, 0.3) is 0 Å². The molecule has 0 atom stereocenters. The van der Waals surface area contributed by atoms with E-state index in [0.29, 0.717) is 0 Å². The minimum absolute atomic E-state index is 0.761. The Bertz CT molecular complexity index is 1460. The maximum Gasteiger partial charge on any atom is 0.161 e. The molecule has 146 valence electrons. The highest BCUT2D eigenvalue weighted by molar-refractivity contribution is 7.26. The van der Waals surface area contributed by atoms with Gasteiger partial charge in [0.15, 0.2) is 5.82 Å². The van der Waals surface area contributed by atoms with Gasteiger partial charge < -0.3 is 0 Å². The Morgan fingerprint density at radius 3 is 1.77 bits per heavy atom. The second-order valence-electron chi connectivity index (χ2n) is 7.47. The normalized spacial score (nSPS) is 11.2. The second kappa shape index (κ2) is 7.46. The third-order valence-electron chi connectivity index (χ3n) is 5.51. The van der Waals surface area contributed by atoms with Crippen molar-refractivity contribution in [2.75, 3.05) is 0 Å². The van der Waals surface area contributed by atoms with Crippen molar-refractivity contribution in [2.45, 2.75) is 0 Å². The van der Waals surface area contributed by atoms with Crippen LogP contribution in [0, 0.1) is 0 Å². The van der Waals surface area contributed by atoms with E-state index >= 15 is 0 Å². The average molecular weight is 415 g/mol. The molecule has 0 saturated carbocycles. The SMILES string of the molecule is c1ccc(-c2cc(-c3ccccc3)nc(-c3cccc4c3sc3ccccc34)n2)cc1. The molecule has 0 N–H and O–H groups in total. The van der Waals surface area contributed by atoms with Crippen LogP contribution >= 0.6 is 11.3 Å². The fraction of sp³-hybridized carbons (Fsp3) is 0. The summed E-state index contributed by atoms with van der Waals surface area (Å²) in [5.74, 6) is 0.761. The van der Waals surface area contributed by atoms with E-state index in [1.807, 2.05) is 36.4 Å². The quantitative estimate of drug-likeness (QED) is 0.295. The monoisotopic (exact) mass is 414 g/mol. The van der Waals surface area contributed by atoms with Crippen molar-refractivity contribution < 1.29 is 0 Å². The number of aromatic nitrogens is 2. The standard InChI is InChI=1S/C28H18N2S/c1-3-10-19(11-4-1)24-18-25(20-12-5-2-6-13-20)30-28(29-24)23-16-9-15-22-21-14-7-8-17-26(21)31-27(22)23/h1-18H. The van der Waals surface area contributed by atoms with Crippen molar-refractivity contribution in [2.24, 2.45) is 0 Å². The Kier molecular flexibility index (Phi) is 4.33. The van der Waals surface area contributed by atoms with Gasteiger partial charge in [-0.2, -0.15) is 0 Å². The molecule has 2 nitrogen and oxygen atoms in total. The van der Waals surface area contributed by atoms with E-state index in [2.05, 4.69) is 72.8 Å². The molecule has 4 aromatic carbocycles. The maximum absolute atomic E-state index is 5.02. The zero-order valence-electron chi connectivity index (χ0n) is 16.7. The predicted molar refractivity (Wildman–Crippen MR) is 131 cm³/mol. The molecule has 31 heavy (non-hydrogen) atoms. The highest BCUT2D eigenvalue weighted by Gasteiger charge is 2.15. The van der Waals surface area contributed by atoms with Gasteiger partial charge in [-0.05, 0) is 18.2 Å². The summed E-state index contributed by atoms with van der Waals surface area (Å²) in [6, 6.07) is 37.7. The molecule has 6 aromatic rings. The van der Waals surface area contributed by atoms with Crippen molar-refractivity contribution >= 4 is 31.5 Å². The van der Waals surface area contributed by atoms with Gasteiger partial charge in [-0.1, -0.05) is 91.0 Å². The molecule has 0 aliphatic rings. The molecule has 0 bridgehead atoms. The van der Waals surface area contributed by atoms with Crippen LogP contribution in [0.5, 0.6) is 0 Å². The molecule has 3 heteroatoms. The van der Waals surface area contributed by atoms with Crippen LogP contribution in [0.25, 0.3) is 54.1 Å². The summed E-state index contributed by atoms with van der Waals surface area (Å²) in [5, 5.41) is 2.54. The van der Waals surface area contributed by atoms with Gasteiger partial charge in [0.2, 0.25) is 0 Å². The minimum Gasteiger partial charge on any atom is -0.228 e. The van der Waals surface area contributed by atoms with Crippen LogP contribution in [0.4, 0.5) is 0 Å². The molecule has 2 aromatic heterocycles. The number of thiophene rings is 1. The molecule has 0 spiro atoms. The van der Waals surface area contributed by atoms with E-state index in [1.165, 1.54) is 20.2 Å². The first-order valence-electron chi connectivity index (χ1n) is 10.3. The smallest absolute Gasteiger partial charge is 0.161 e. The van der Waals surface area contributed by atoms with Gasteiger partial charge in [0.05, 0.1) is 11.4 Å². The zero-order valence-corrected chi connectivity index (χ0v) is 17.5. The molecule has 0 saturated heterocycles. The molecule has 0 unspecified atom stereocenters. The molecule has 0 amide bonds. The Morgan fingerprint density at radius 1 is 0.516 bits per heavy atom. The van der Waals surface area contributed by atoms with Crippen LogP contribution in [-0.2, 0) is 0 Å². The number of benzene rings is 4. The zero-order chi connectivity index (χ0) is 20.6. The number of nitrogens with zero attached hydrogens (tertiary/aromatic N) is 2. The molecular weight excluding hydrogens is 396 g/mol. The third-order valence-corrected chi connectivity index (χ3v) is 6.73. The molecule has 0 fully saturated rings. The van der Waals surface area contributed by atoms with Gasteiger partial charge in [-0.15, -0.1) is 11.3 Å². The lowest BCUT2D eigenvalue weighted by Gasteiger charge is -2.10. The van der Waals surface area contributed by atoms with Crippen molar-refractivity contribution in [3.05, 3.63) is 109 Å². The highest BCUT2D eigenvalue weighted by Crippen LogP contribution is 2.39. The van der Waals surface area contributed by atoms with E-state index in [0.717, 1.165) is 33.9 Å². The summed E-state index contributed by atoms with van der Waals surface area (Å²) in [5.41, 5.74) is 5.12. The van der Waals surface area contributed by atoms with Gasteiger partial charge in [-0.3, -0.25) is 0 Å². The largest absolute Gasteiger partial charge is 0.228 e. The second-order valence-corrected chi connectivity index (χ2v) is 8.53. The van der Waals surface area contributed by atoms with E-state index in [4.69, 9.17) is 9.97 Å². The van der Waals surface area contributed by atoms with Crippen molar-refractivity contribution in [3.8, 4) is 33.9 Å². The predicted octanol–water partition coefficient (Wildman–Crippen LogP) is 7.85. The molecule has 0 aliphatic carbocycles. The Hall–Kier alpha value is -3.82. The summed E-state index contributed by atoms with van der Waals surface area (Å²) in [6.07, 6.45) is 0. The topological polar surface area (TPSA) is 25.8 Å². The minimum atomic E-state index is 0.761. The van der Waals surface area contributed by atoms with Crippen LogP contribution < -0.4 is 0 Å². The van der Waals surface area contributed by atoms with E-state index in [9.17, 15) is 0 Å². The lowest BCUT2D eigenvalue weighted by Crippen LogP contribution is -1.95. The van der Waals surface area contributed by atoms with Crippen LogP contribution in [0.3, 0.4) is 0 Å². The maximum atomic E-state index is 5.02.